The summed E-state index contributed by atoms with van der Waals surface area (Å²) in [7, 11) is 0. The number of carbonyl (C=O) groups is 2. The zero-order valence-corrected chi connectivity index (χ0v) is 14.1. The van der Waals surface area contributed by atoms with Crippen LogP contribution in [0.1, 0.15) is 52.9 Å². The summed E-state index contributed by atoms with van der Waals surface area (Å²) in [6.45, 7) is 8.76. The van der Waals surface area contributed by atoms with Crippen LogP contribution in [0, 0.1) is 17.3 Å². The average Bonchev–Trinajstić information content (AvgIpc) is 3.19. The Kier molecular flexibility index (Phi) is 5.48. The van der Waals surface area contributed by atoms with Gasteiger partial charge in [0.1, 0.15) is 0 Å². The number of amides is 1. The van der Waals surface area contributed by atoms with Gasteiger partial charge in [0.05, 0.1) is 0 Å². The Morgan fingerprint density at radius 3 is 2.41 bits per heavy atom. The highest BCUT2D eigenvalue weighted by Crippen LogP contribution is 2.32. The van der Waals surface area contributed by atoms with Crippen LogP contribution in [0.3, 0.4) is 0 Å². The topological polar surface area (TPSA) is 69.6 Å². The minimum Gasteiger partial charge on any atom is -0.481 e. The predicted molar refractivity (Wildman–Crippen MR) is 85.5 cm³/mol. The third-order valence-electron chi connectivity index (χ3n) is 4.61. The van der Waals surface area contributed by atoms with Gasteiger partial charge in [-0.3, -0.25) is 9.59 Å². The van der Waals surface area contributed by atoms with Crippen molar-refractivity contribution in [1.82, 2.24) is 10.2 Å². The number of rotatable bonds is 6. The maximum Gasteiger partial charge on any atom is 0.303 e. The van der Waals surface area contributed by atoms with E-state index in [1.807, 2.05) is 20.8 Å². The smallest absolute Gasteiger partial charge is 0.303 e. The molecule has 0 aromatic carbocycles. The van der Waals surface area contributed by atoms with E-state index in [0.717, 1.165) is 32.0 Å². The predicted octanol–water partition coefficient (Wildman–Crippen LogP) is 2.11. The fourth-order valence-corrected chi connectivity index (χ4v) is 3.16. The van der Waals surface area contributed by atoms with Gasteiger partial charge in [-0.1, -0.05) is 20.8 Å². The maximum absolute atomic E-state index is 12.2. The second-order valence-corrected chi connectivity index (χ2v) is 8.12. The number of carboxylic acids is 1. The third kappa shape index (κ3) is 5.59. The standard InChI is InChI=1S/C17H30N2O3/c1-17(2,3)16(22)18-14-8-13(6-7-15(20)21)10-19(11-14)9-12-4-5-12/h12-14H,4-11H2,1-3H3,(H,18,22)(H,20,21). The van der Waals surface area contributed by atoms with Gasteiger partial charge in [-0.2, -0.15) is 0 Å². The molecule has 5 nitrogen and oxygen atoms in total. The SMILES string of the molecule is CC(C)(C)C(=O)NC1CC(CCC(=O)O)CN(CC2CC2)C1. The number of nitrogens with one attached hydrogen (secondary N) is 1. The zero-order valence-electron chi connectivity index (χ0n) is 14.1. The van der Waals surface area contributed by atoms with Gasteiger partial charge in [-0.15, -0.1) is 0 Å². The molecule has 22 heavy (non-hydrogen) atoms. The van der Waals surface area contributed by atoms with Crippen molar-refractivity contribution in [2.75, 3.05) is 19.6 Å². The molecular weight excluding hydrogens is 280 g/mol. The molecule has 0 aromatic rings. The lowest BCUT2D eigenvalue weighted by atomic mass is 9.88. The molecular formula is C17H30N2O3. The Morgan fingerprint density at radius 1 is 1.18 bits per heavy atom. The monoisotopic (exact) mass is 310 g/mol. The van der Waals surface area contributed by atoms with Crippen molar-refractivity contribution in [3.63, 3.8) is 0 Å². The van der Waals surface area contributed by atoms with Gasteiger partial charge < -0.3 is 15.3 Å². The van der Waals surface area contributed by atoms with Crippen molar-refractivity contribution in [2.45, 2.75) is 58.9 Å². The van der Waals surface area contributed by atoms with Crippen LogP contribution in [-0.4, -0.2) is 47.6 Å². The molecule has 2 fully saturated rings. The first-order chi connectivity index (χ1) is 10.2. The molecule has 1 saturated heterocycles. The second-order valence-electron chi connectivity index (χ2n) is 8.12. The number of hydrogen-bond donors (Lipinski definition) is 2. The van der Waals surface area contributed by atoms with Crippen molar-refractivity contribution in [3.05, 3.63) is 0 Å². The first kappa shape index (κ1) is 17.3. The largest absolute Gasteiger partial charge is 0.481 e. The highest BCUT2D eigenvalue weighted by molar-refractivity contribution is 5.81. The lowest BCUT2D eigenvalue weighted by Crippen LogP contribution is -2.53. The van der Waals surface area contributed by atoms with E-state index in [2.05, 4.69) is 10.2 Å². The van der Waals surface area contributed by atoms with E-state index in [4.69, 9.17) is 5.11 Å². The van der Waals surface area contributed by atoms with Crippen LogP contribution in [0.15, 0.2) is 0 Å². The molecule has 2 N–H and O–H groups in total. The van der Waals surface area contributed by atoms with Crippen LogP contribution in [0.2, 0.25) is 0 Å². The molecule has 1 heterocycles. The summed E-state index contributed by atoms with van der Waals surface area (Å²) in [4.78, 5) is 25.5. The molecule has 0 bridgehead atoms. The molecule has 1 aliphatic heterocycles. The summed E-state index contributed by atoms with van der Waals surface area (Å²) in [5.41, 5.74) is -0.380. The van der Waals surface area contributed by atoms with E-state index in [9.17, 15) is 9.59 Å². The van der Waals surface area contributed by atoms with Gasteiger partial charge in [0.2, 0.25) is 5.91 Å². The van der Waals surface area contributed by atoms with E-state index in [0.29, 0.717) is 12.3 Å². The normalized spacial score (nSPS) is 26.7. The van der Waals surface area contributed by atoms with Crippen molar-refractivity contribution < 1.29 is 14.7 Å². The maximum atomic E-state index is 12.2. The highest BCUT2D eigenvalue weighted by Gasteiger charge is 2.33. The van der Waals surface area contributed by atoms with Crippen LogP contribution in [0.4, 0.5) is 0 Å². The fraction of sp³-hybridized carbons (Fsp3) is 0.882. The van der Waals surface area contributed by atoms with Crippen LogP contribution >= 0.6 is 0 Å². The summed E-state index contributed by atoms with van der Waals surface area (Å²) in [6.07, 6.45) is 4.46. The molecule has 1 aliphatic carbocycles. The Hall–Kier alpha value is -1.10. The van der Waals surface area contributed by atoms with Crippen LogP contribution in [0.25, 0.3) is 0 Å². The molecule has 2 unspecified atom stereocenters. The first-order valence-corrected chi connectivity index (χ1v) is 8.49. The minimum absolute atomic E-state index is 0.0859. The molecule has 2 atom stereocenters. The van der Waals surface area contributed by atoms with Gasteiger partial charge in [0.25, 0.3) is 0 Å². The molecule has 126 valence electrons. The van der Waals surface area contributed by atoms with E-state index < -0.39 is 5.97 Å². The Morgan fingerprint density at radius 2 is 1.86 bits per heavy atom. The molecule has 0 spiro atoms. The second kappa shape index (κ2) is 6.99. The number of hydrogen-bond acceptors (Lipinski definition) is 3. The fourth-order valence-electron chi connectivity index (χ4n) is 3.16. The van der Waals surface area contributed by atoms with E-state index >= 15 is 0 Å². The van der Waals surface area contributed by atoms with Gasteiger partial charge in [-0.05, 0) is 37.5 Å². The third-order valence-corrected chi connectivity index (χ3v) is 4.61. The van der Waals surface area contributed by atoms with Gasteiger partial charge in [0, 0.05) is 37.5 Å². The first-order valence-electron chi connectivity index (χ1n) is 8.49. The number of nitrogens with zero attached hydrogens (tertiary/aromatic N) is 1. The molecule has 2 rings (SSSR count). The van der Waals surface area contributed by atoms with E-state index in [-0.39, 0.29) is 23.8 Å². The Labute approximate surface area is 133 Å². The number of carbonyl (C=O) groups excluding carboxylic acids is 1. The summed E-state index contributed by atoms with van der Waals surface area (Å²) in [6, 6.07) is 0.151. The van der Waals surface area contributed by atoms with Gasteiger partial charge >= 0.3 is 5.97 Å². The Bertz CT molecular complexity index is 413. The van der Waals surface area contributed by atoms with E-state index in [1.165, 1.54) is 12.8 Å². The van der Waals surface area contributed by atoms with Crippen LogP contribution in [-0.2, 0) is 9.59 Å². The molecule has 2 aliphatic rings. The van der Waals surface area contributed by atoms with Crippen molar-refractivity contribution in [3.8, 4) is 0 Å². The summed E-state index contributed by atoms with van der Waals surface area (Å²) in [5, 5.41) is 12.1. The van der Waals surface area contributed by atoms with Crippen molar-refractivity contribution in [2.24, 2.45) is 17.3 Å². The van der Waals surface area contributed by atoms with Crippen LogP contribution < -0.4 is 5.32 Å². The van der Waals surface area contributed by atoms with Crippen molar-refractivity contribution in [1.29, 1.82) is 0 Å². The number of likely N-dealkylation sites (tertiary alicyclic amines) is 1. The molecule has 0 aromatic heterocycles. The highest BCUT2D eigenvalue weighted by atomic mass is 16.4. The molecule has 1 amide bonds. The summed E-state index contributed by atoms with van der Waals surface area (Å²) < 4.78 is 0. The molecule has 1 saturated carbocycles. The molecule has 0 radical (unpaired) electrons. The number of piperidine rings is 1. The summed E-state index contributed by atoms with van der Waals surface area (Å²) in [5.74, 6) is 0.545. The lowest BCUT2D eigenvalue weighted by Gasteiger charge is -2.39. The lowest BCUT2D eigenvalue weighted by molar-refractivity contribution is -0.137. The summed E-state index contributed by atoms with van der Waals surface area (Å²) >= 11 is 0. The quantitative estimate of drug-likeness (QED) is 0.788. The van der Waals surface area contributed by atoms with Crippen molar-refractivity contribution >= 4 is 11.9 Å². The van der Waals surface area contributed by atoms with E-state index in [1.54, 1.807) is 0 Å². The van der Waals surface area contributed by atoms with Crippen LogP contribution in [0.5, 0.6) is 0 Å². The van der Waals surface area contributed by atoms with Gasteiger partial charge in [0.15, 0.2) is 0 Å². The molecule has 5 heteroatoms. The minimum atomic E-state index is -0.727. The number of carboxylic acid groups (broad SMARTS) is 1. The zero-order chi connectivity index (χ0) is 16.3. The van der Waals surface area contributed by atoms with Gasteiger partial charge in [-0.25, -0.2) is 0 Å². The Balaban J connectivity index is 1.91. The number of aliphatic carboxylic acids is 1. The average molecular weight is 310 g/mol.